The lowest BCUT2D eigenvalue weighted by molar-refractivity contribution is -0.140. The van der Waals surface area contributed by atoms with Gasteiger partial charge < -0.3 is 11.5 Å². The molecule has 35 heavy (non-hydrogen) atoms. The van der Waals surface area contributed by atoms with Crippen LogP contribution < -0.4 is 11.5 Å². The van der Waals surface area contributed by atoms with Gasteiger partial charge in [0.25, 0.3) is 0 Å². The van der Waals surface area contributed by atoms with Crippen molar-refractivity contribution in [3.05, 3.63) is 73.2 Å². The highest BCUT2D eigenvalue weighted by Gasteiger charge is 2.42. The average Bonchev–Trinajstić information content (AvgIpc) is 2.72. The predicted octanol–water partition coefficient (Wildman–Crippen LogP) is 8.25. The van der Waals surface area contributed by atoms with Crippen LogP contribution in [0.2, 0.25) is 15.1 Å². The molecule has 2 atom stereocenters. The first-order valence-electron chi connectivity index (χ1n) is 9.38. The van der Waals surface area contributed by atoms with E-state index in [9.17, 15) is 31.1 Å². The Labute approximate surface area is 216 Å². The summed E-state index contributed by atoms with van der Waals surface area (Å²) in [7, 11) is 0. The number of alkyl halides is 6. The van der Waals surface area contributed by atoms with Crippen LogP contribution >= 0.6 is 47.2 Å². The van der Waals surface area contributed by atoms with Gasteiger partial charge in [-0.2, -0.15) is 26.3 Å². The Morgan fingerprint density at radius 3 is 1.91 bits per heavy atom. The minimum atomic E-state index is -5.20. The van der Waals surface area contributed by atoms with Crippen molar-refractivity contribution in [1.29, 1.82) is 0 Å². The molecule has 2 rings (SSSR count). The molecule has 0 spiro atoms. The minimum absolute atomic E-state index is 0. The van der Waals surface area contributed by atoms with Gasteiger partial charge in [-0.05, 0) is 41.8 Å². The van der Waals surface area contributed by atoms with Crippen LogP contribution in [0, 0.1) is 0 Å². The van der Waals surface area contributed by atoms with Gasteiger partial charge in [-0.25, -0.2) is 4.39 Å². The Morgan fingerprint density at radius 1 is 1.03 bits per heavy atom. The number of nitrogens with two attached hydrogens (primary N) is 2. The number of allylic oxidation sites excluding steroid dienone is 1. The largest absolute Gasteiger partial charge is 0.417 e. The van der Waals surface area contributed by atoms with Crippen molar-refractivity contribution in [2.45, 2.75) is 37.7 Å². The number of amides is 1. The van der Waals surface area contributed by atoms with Crippen LogP contribution in [-0.2, 0) is 6.18 Å². The van der Waals surface area contributed by atoms with Gasteiger partial charge in [0.05, 0.1) is 26.2 Å². The number of rotatable bonds is 6. The molecule has 4 N–H and O–H groups in total. The first-order valence-corrected chi connectivity index (χ1v) is 10.5. The summed E-state index contributed by atoms with van der Waals surface area (Å²) < 4.78 is 98.2. The van der Waals surface area contributed by atoms with Crippen LogP contribution in [-0.4, -0.2) is 12.1 Å². The topological polar surface area (TPSA) is 69.1 Å². The molecule has 0 aromatic heterocycles. The summed E-state index contributed by atoms with van der Waals surface area (Å²) in [6, 6.07) is 1.45. The number of hydrogen-bond acceptors (Lipinski definition) is 2. The number of carbonyl (C=O) groups excluding carboxylic acids is 1. The number of halogens is 11. The van der Waals surface area contributed by atoms with E-state index in [1.54, 1.807) is 0 Å². The molecule has 0 radical (unpaired) electrons. The standard InChI is InChI=1S/C21H16Cl3F7N2O.ClH/c1-2-15(32)16-9(3-4-10(19(33)34)17(16)21(29,30)31)14(25)7-11(20(26,27)28)8-5-12(22)18(24)13(23)6-8;/h3-7,11,15H,2,32H2,1H3,(H2,33,34);1H/b14-7-;/t11?,15-;/m1./s1. The predicted molar refractivity (Wildman–Crippen MR) is 124 cm³/mol. The summed E-state index contributed by atoms with van der Waals surface area (Å²) in [6.45, 7) is 1.38. The van der Waals surface area contributed by atoms with Crippen molar-refractivity contribution < 1.29 is 35.5 Å². The second-order valence-corrected chi connectivity index (χ2v) is 8.35. The summed E-state index contributed by atoms with van der Waals surface area (Å²) in [6.07, 6.45) is -10.4. The monoisotopic (exact) mass is 586 g/mol. The zero-order valence-electron chi connectivity index (χ0n) is 17.5. The Kier molecular flexibility index (Phi) is 10.3. The van der Waals surface area contributed by atoms with Crippen molar-refractivity contribution >= 4 is 58.9 Å². The molecule has 0 saturated carbocycles. The zero-order chi connectivity index (χ0) is 26.2. The fourth-order valence-corrected chi connectivity index (χ4v) is 3.91. The molecular weight excluding hydrogens is 571 g/mol. The average molecular weight is 588 g/mol. The molecule has 1 unspecified atom stereocenters. The highest BCUT2D eigenvalue weighted by Crippen LogP contribution is 2.45. The Hall–Kier alpha value is -1.72. The van der Waals surface area contributed by atoms with E-state index < -0.39 is 63.9 Å². The summed E-state index contributed by atoms with van der Waals surface area (Å²) in [5.41, 5.74) is 5.82. The molecule has 14 heteroatoms. The number of hydrogen-bond donors (Lipinski definition) is 2. The normalized spacial score (nSPS) is 14.3. The third-order valence-electron chi connectivity index (χ3n) is 4.89. The maximum atomic E-state index is 15.3. The Morgan fingerprint density at radius 2 is 1.51 bits per heavy atom. The summed E-state index contributed by atoms with van der Waals surface area (Å²) in [5.74, 6) is -5.79. The molecule has 0 aliphatic carbocycles. The maximum absolute atomic E-state index is 15.3. The van der Waals surface area contributed by atoms with Crippen LogP contribution in [0.1, 0.15) is 57.9 Å². The summed E-state index contributed by atoms with van der Waals surface area (Å²) >= 11 is 17.3. The van der Waals surface area contributed by atoms with E-state index in [1.165, 1.54) is 6.92 Å². The van der Waals surface area contributed by atoms with E-state index in [0.717, 1.165) is 18.2 Å². The molecule has 194 valence electrons. The van der Waals surface area contributed by atoms with E-state index in [1.807, 2.05) is 0 Å². The van der Waals surface area contributed by atoms with Gasteiger partial charge in [0.2, 0.25) is 5.91 Å². The van der Waals surface area contributed by atoms with E-state index in [-0.39, 0.29) is 40.0 Å². The molecule has 3 nitrogen and oxygen atoms in total. The minimum Gasteiger partial charge on any atom is -0.366 e. The van der Waals surface area contributed by atoms with Crippen LogP contribution in [0.3, 0.4) is 0 Å². The van der Waals surface area contributed by atoms with Crippen LogP contribution in [0.15, 0.2) is 30.3 Å². The molecule has 0 saturated heterocycles. The molecule has 2 aromatic rings. The van der Waals surface area contributed by atoms with E-state index in [0.29, 0.717) is 6.07 Å². The lowest BCUT2D eigenvalue weighted by Crippen LogP contribution is -2.25. The number of primary amides is 1. The fourth-order valence-electron chi connectivity index (χ4n) is 3.30. The lowest BCUT2D eigenvalue weighted by Gasteiger charge is -2.24. The van der Waals surface area contributed by atoms with Crippen molar-refractivity contribution in [3.8, 4) is 0 Å². The van der Waals surface area contributed by atoms with E-state index >= 15 is 4.39 Å². The Bertz CT molecular complexity index is 1110. The highest BCUT2D eigenvalue weighted by molar-refractivity contribution is 6.48. The number of carbonyl (C=O) groups is 1. The van der Waals surface area contributed by atoms with Crippen molar-refractivity contribution in [3.63, 3.8) is 0 Å². The van der Waals surface area contributed by atoms with Crippen molar-refractivity contribution in [2.24, 2.45) is 11.5 Å². The molecule has 0 heterocycles. The molecule has 2 aromatic carbocycles. The molecule has 0 aliphatic rings. The van der Waals surface area contributed by atoms with E-state index in [2.05, 4.69) is 0 Å². The second kappa shape index (κ2) is 11.6. The lowest BCUT2D eigenvalue weighted by atomic mass is 9.87. The van der Waals surface area contributed by atoms with Crippen molar-refractivity contribution in [1.82, 2.24) is 0 Å². The molecule has 1 amide bonds. The van der Waals surface area contributed by atoms with Gasteiger partial charge in [0.15, 0.2) is 0 Å². The second-order valence-electron chi connectivity index (χ2n) is 7.16. The van der Waals surface area contributed by atoms with Gasteiger partial charge in [-0.1, -0.05) is 47.8 Å². The summed E-state index contributed by atoms with van der Waals surface area (Å²) in [5, 5.41) is -0.914. The van der Waals surface area contributed by atoms with E-state index in [4.69, 9.17) is 46.3 Å². The highest BCUT2D eigenvalue weighted by atomic mass is 35.5. The van der Waals surface area contributed by atoms with Gasteiger partial charge >= 0.3 is 12.4 Å². The number of benzene rings is 2. The quantitative estimate of drug-likeness (QED) is 0.264. The first kappa shape index (κ1) is 31.3. The van der Waals surface area contributed by atoms with Gasteiger partial charge in [-0.3, -0.25) is 4.79 Å². The van der Waals surface area contributed by atoms with Crippen LogP contribution in [0.25, 0.3) is 5.83 Å². The van der Waals surface area contributed by atoms with Gasteiger partial charge in [0, 0.05) is 11.6 Å². The Balaban J connectivity index is 0.00000612. The molecule has 0 fully saturated rings. The smallest absolute Gasteiger partial charge is 0.366 e. The fraction of sp³-hybridized carbons (Fsp3) is 0.286. The molecular formula is C21H17Cl4F7N2O. The summed E-state index contributed by atoms with van der Waals surface area (Å²) in [4.78, 5) is 11.6. The third-order valence-corrected chi connectivity index (χ3v) is 6.09. The molecule has 0 aliphatic heterocycles. The van der Waals surface area contributed by atoms with Gasteiger partial charge in [-0.15, -0.1) is 12.4 Å². The molecule has 0 bridgehead atoms. The zero-order valence-corrected chi connectivity index (χ0v) is 20.6. The third kappa shape index (κ3) is 6.95. The SMILES string of the molecule is CC[C@@H](N)c1c(/C(F)=C/C(c2cc(Cl)c(Cl)c(Cl)c2)C(F)(F)F)ccc(C(N)=O)c1C(F)(F)F.Cl. The van der Waals surface area contributed by atoms with Crippen molar-refractivity contribution in [2.75, 3.05) is 0 Å². The van der Waals surface area contributed by atoms with Gasteiger partial charge in [0.1, 0.15) is 11.7 Å². The first-order chi connectivity index (χ1) is 15.5. The van der Waals surface area contributed by atoms with Crippen LogP contribution in [0.4, 0.5) is 30.7 Å². The maximum Gasteiger partial charge on any atom is 0.417 e. The van der Waals surface area contributed by atoms with Crippen LogP contribution in [0.5, 0.6) is 0 Å².